The molecule has 3 rings (SSSR count). The predicted molar refractivity (Wildman–Crippen MR) is 89.4 cm³/mol. The van der Waals surface area contributed by atoms with E-state index in [-0.39, 0.29) is 0 Å². The summed E-state index contributed by atoms with van der Waals surface area (Å²) in [7, 11) is 1.48. The van der Waals surface area contributed by atoms with Crippen molar-refractivity contribution in [2.24, 2.45) is 0 Å². The highest BCUT2D eigenvalue weighted by Gasteiger charge is 2.13. The van der Waals surface area contributed by atoms with Crippen molar-refractivity contribution in [1.82, 2.24) is 4.98 Å². The number of anilines is 1. The summed E-state index contributed by atoms with van der Waals surface area (Å²) in [6.07, 6.45) is 0.997. The first-order valence-corrected chi connectivity index (χ1v) is 7.22. The third kappa shape index (κ3) is 3.19. The molecule has 0 fully saturated rings. The Morgan fingerprint density at radius 3 is 2.74 bits per heavy atom. The lowest BCUT2D eigenvalue weighted by Gasteiger charge is -2.12. The summed E-state index contributed by atoms with van der Waals surface area (Å²) in [6, 6.07) is 14.2. The van der Waals surface area contributed by atoms with Crippen LogP contribution in [0.4, 0.5) is 10.5 Å². The van der Waals surface area contributed by atoms with Crippen LogP contribution in [-0.4, -0.2) is 18.2 Å². The van der Waals surface area contributed by atoms with E-state index in [0.717, 1.165) is 5.39 Å². The number of ether oxygens (including phenoxy) is 2. The topological polar surface area (TPSA) is 60.5 Å². The molecule has 0 radical (unpaired) electrons. The molecule has 116 valence electrons. The van der Waals surface area contributed by atoms with E-state index in [2.05, 4.69) is 10.3 Å². The van der Waals surface area contributed by atoms with Crippen LogP contribution in [0.15, 0.2) is 54.7 Å². The normalized spacial score (nSPS) is 10.3. The third-order valence-electron chi connectivity index (χ3n) is 3.21. The van der Waals surface area contributed by atoms with Gasteiger partial charge < -0.3 is 9.47 Å². The molecule has 1 amide bonds. The zero-order chi connectivity index (χ0) is 16.2. The minimum atomic E-state index is -0.649. The van der Waals surface area contributed by atoms with Crippen molar-refractivity contribution in [3.63, 3.8) is 0 Å². The summed E-state index contributed by atoms with van der Waals surface area (Å²) in [5, 5.41) is 3.90. The first kappa shape index (κ1) is 15.1. The Morgan fingerprint density at radius 1 is 1.13 bits per heavy atom. The Hall–Kier alpha value is -2.79. The summed E-state index contributed by atoms with van der Waals surface area (Å²) in [5.41, 5.74) is 1.04. The highest BCUT2D eigenvalue weighted by Crippen LogP contribution is 2.32. The van der Waals surface area contributed by atoms with Gasteiger partial charge in [0.05, 0.1) is 17.8 Å². The van der Waals surface area contributed by atoms with Crippen molar-refractivity contribution in [2.45, 2.75) is 0 Å². The van der Waals surface area contributed by atoms with Gasteiger partial charge in [-0.3, -0.25) is 10.3 Å². The van der Waals surface area contributed by atoms with Gasteiger partial charge in [-0.05, 0) is 24.3 Å². The second-order valence-electron chi connectivity index (χ2n) is 4.67. The molecule has 23 heavy (non-hydrogen) atoms. The number of halogens is 1. The van der Waals surface area contributed by atoms with E-state index < -0.39 is 6.09 Å². The van der Waals surface area contributed by atoms with E-state index in [0.29, 0.717) is 27.7 Å². The highest BCUT2D eigenvalue weighted by atomic mass is 35.5. The van der Waals surface area contributed by atoms with E-state index in [1.165, 1.54) is 7.11 Å². The molecule has 0 aliphatic heterocycles. The molecule has 0 aliphatic rings. The van der Waals surface area contributed by atoms with Gasteiger partial charge in [-0.2, -0.15) is 0 Å². The van der Waals surface area contributed by atoms with Gasteiger partial charge in [0.25, 0.3) is 0 Å². The number of fused-ring (bicyclic) bond motifs is 1. The monoisotopic (exact) mass is 328 g/mol. The fraction of sp³-hybridized carbons (Fsp3) is 0.0588. The van der Waals surface area contributed by atoms with Crippen molar-refractivity contribution < 1.29 is 14.3 Å². The lowest BCUT2D eigenvalue weighted by atomic mass is 10.2. The number of rotatable bonds is 3. The van der Waals surface area contributed by atoms with Crippen LogP contribution in [0.3, 0.4) is 0 Å². The zero-order valence-corrected chi connectivity index (χ0v) is 13.0. The molecular formula is C17H13ClN2O3. The maximum atomic E-state index is 12.1. The van der Waals surface area contributed by atoms with Gasteiger partial charge in [0.15, 0.2) is 11.5 Å². The molecule has 1 aromatic heterocycles. The number of hydrogen-bond acceptors (Lipinski definition) is 4. The maximum absolute atomic E-state index is 12.1. The largest absolute Gasteiger partial charge is 0.493 e. The average molecular weight is 329 g/mol. The van der Waals surface area contributed by atoms with Crippen LogP contribution in [0, 0.1) is 0 Å². The molecule has 1 heterocycles. The Labute approximate surface area is 137 Å². The summed E-state index contributed by atoms with van der Waals surface area (Å²) >= 11 is 6.02. The Morgan fingerprint density at radius 2 is 1.91 bits per heavy atom. The van der Waals surface area contributed by atoms with Crippen LogP contribution < -0.4 is 14.8 Å². The molecular weight excluding hydrogens is 316 g/mol. The van der Waals surface area contributed by atoms with Gasteiger partial charge in [-0.1, -0.05) is 35.9 Å². The second kappa shape index (κ2) is 6.54. The van der Waals surface area contributed by atoms with Crippen molar-refractivity contribution in [2.75, 3.05) is 12.4 Å². The molecule has 0 atom stereocenters. The van der Waals surface area contributed by atoms with Crippen molar-refractivity contribution >= 4 is 34.3 Å². The molecule has 5 nitrogen and oxygen atoms in total. The number of nitrogens with one attached hydrogen (secondary N) is 1. The summed E-state index contributed by atoms with van der Waals surface area (Å²) in [6.45, 7) is 0. The van der Waals surface area contributed by atoms with Crippen molar-refractivity contribution in [3.05, 3.63) is 59.8 Å². The van der Waals surface area contributed by atoms with Crippen molar-refractivity contribution in [3.8, 4) is 11.5 Å². The Kier molecular flexibility index (Phi) is 4.30. The van der Waals surface area contributed by atoms with Crippen LogP contribution >= 0.6 is 11.6 Å². The first-order chi connectivity index (χ1) is 11.2. The van der Waals surface area contributed by atoms with Crippen LogP contribution in [0.1, 0.15) is 0 Å². The quantitative estimate of drug-likeness (QED) is 0.768. The summed E-state index contributed by atoms with van der Waals surface area (Å²) in [5.74, 6) is 0.753. The van der Waals surface area contributed by atoms with E-state index in [1.54, 1.807) is 36.5 Å². The highest BCUT2D eigenvalue weighted by molar-refractivity contribution is 6.32. The number of benzene rings is 2. The van der Waals surface area contributed by atoms with E-state index in [9.17, 15) is 4.79 Å². The number of aromatic nitrogens is 1. The first-order valence-electron chi connectivity index (χ1n) is 6.84. The molecule has 0 bridgehead atoms. The van der Waals surface area contributed by atoms with Crippen LogP contribution in [0.5, 0.6) is 11.5 Å². The second-order valence-corrected chi connectivity index (χ2v) is 5.07. The molecule has 1 N–H and O–H groups in total. The van der Waals surface area contributed by atoms with Crippen LogP contribution in [0.25, 0.3) is 10.9 Å². The number of methoxy groups -OCH3 is 1. The van der Waals surface area contributed by atoms with Gasteiger partial charge in [0.1, 0.15) is 5.52 Å². The molecule has 3 aromatic rings. The van der Waals surface area contributed by atoms with E-state index in [1.807, 2.05) is 18.2 Å². The summed E-state index contributed by atoms with van der Waals surface area (Å²) in [4.78, 5) is 16.4. The molecule has 0 unspecified atom stereocenters. The van der Waals surface area contributed by atoms with Crippen LogP contribution in [0.2, 0.25) is 5.02 Å². The summed E-state index contributed by atoms with van der Waals surface area (Å²) < 4.78 is 10.5. The van der Waals surface area contributed by atoms with E-state index in [4.69, 9.17) is 21.1 Å². The Bertz CT molecular complexity index is 862. The molecule has 0 aliphatic carbocycles. The smallest absolute Gasteiger partial charge is 0.417 e. The molecule has 0 saturated heterocycles. The number of para-hydroxylation sites is 2. The minimum absolute atomic E-state index is 0.376. The van der Waals surface area contributed by atoms with Gasteiger partial charge in [0, 0.05) is 11.6 Å². The maximum Gasteiger partial charge on any atom is 0.417 e. The number of carbonyl (C=O) groups excluding carboxylic acids is 1. The fourth-order valence-electron chi connectivity index (χ4n) is 2.21. The lowest BCUT2D eigenvalue weighted by Crippen LogP contribution is -2.17. The van der Waals surface area contributed by atoms with Gasteiger partial charge in [-0.25, -0.2) is 4.79 Å². The number of hydrogen-bond donors (Lipinski definition) is 1. The number of pyridine rings is 1. The number of nitrogens with zero attached hydrogens (tertiary/aromatic N) is 1. The van der Waals surface area contributed by atoms with Crippen molar-refractivity contribution in [1.29, 1.82) is 0 Å². The van der Waals surface area contributed by atoms with Gasteiger partial charge in [-0.15, -0.1) is 0 Å². The van der Waals surface area contributed by atoms with Crippen LogP contribution in [-0.2, 0) is 0 Å². The Balaban J connectivity index is 1.84. The third-order valence-corrected chi connectivity index (χ3v) is 3.50. The minimum Gasteiger partial charge on any atom is -0.493 e. The molecule has 0 spiro atoms. The average Bonchev–Trinajstić information content (AvgIpc) is 2.55. The van der Waals surface area contributed by atoms with Gasteiger partial charge in [0.2, 0.25) is 0 Å². The fourth-order valence-corrected chi connectivity index (χ4v) is 2.46. The standard InChI is InChI=1S/C17H13ClN2O3/c1-22-16-12(18)7-3-8-13(16)20-17(21)23-14-9-2-5-11-6-4-10-19-15(11)14/h2-10H,1H3,(H,20,21). The zero-order valence-electron chi connectivity index (χ0n) is 12.2. The molecule has 2 aromatic carbocycles. The SMILES string of the molecule is COc1c(Cl)cccc1NC(=O)Oc1cccc2cccnc12. The lowest BCUT2D eigenvalue weighted by molar-refractivity contribution is 0.215. The number of amides is 1. The molecule has 0 saturated carbocycles. The number of carbonyl (C=O) groups is 1. The van der Waals surface area contributed by atoms with Gasteiger partial charge >= 0.3 is 6.09 Å². The molecule has 6 heteroatoms. The van der Waals surface area contributed by atoms with E-state index >= 15 is 0 Å². The predicted octanol–water partition coefficient (Wildman–Crippen LogP) is 4.51.